The van der Waals surface area contributed by atoms with Gasteiger partial charge in [-0.3, -0.25) is 0 Å². The summed E-state index contributed by atoms with van der Waals surface area (Å²) in [5.41, 5.74) is 1.50. The molecule has 0 fully saturated rings. The van der Waals surface area contributed by atoms with Crippen molar-refractivity contribution in [1.82, 2.24) is 0 Å². The van der Waals surface area contributed by atoms with Crippen molar-refractivity contribution < 1.29 is 9.47 Å². The minimum Gasteiger partial charge on any atom is -0.497 e. The summed E-state index contributed by atoms with van der Waals surface area (Å²) in [6, 6.07) is 10.8. The first-order chi connectivity index (χ1) is 9.58. The van der Waals surface area contributed by atoms with Gasteiger partial charge in [-0.1, -0.05) is 35.3 Å². The first-order valence-corrected chi connectivity index (χ1v) is 7.07. The predicted molar refractivity (Wildman–Crippen MR) is 83.7 cm³/mol. The summed E-state index contributed by atoms with van der Waals surface area (Å²) >= 11 is 18.8. The third-order valence-electron chi connectivity index (χ3n) is 2.96. The molecule has 1 unspecified atom stereocenters. The lowest BCUT2D eigenvalue weighted by Gasteiger charge is -2.17. The molecule has 0 aliphatic rings. The summed E-state index contributed by atoms with van der Waals surface area (Å²) in [5.74, 6) is 1.37. The van der Waals surface area contributed by atoms with Crippen LogP contribution in [0.5, 0.6) is 11.5 Å². The molecule has 106 valence electrons. The number of alkyl halides is 1. The summed E-state index contributed by atoms with van der Waals surface area (Å²) < 4.78 is 10.6. The summed E-state index contributed by atoms with van der Waals surface area (Å²) in [6.45, 7) is 0. The molecule has 0 saturated carbocycles. The van der Waals surface area contributed by atoms with E-state index in [0.717, 1.165) is 11.1 Å². The second-order valence-corrected chi connectivity index (χ2v) is 5.34. The van der Waals surface area contributed by atoms with Crippen LogP contribution in [0, 0.1) is 0 Å². The molecule has 0 bridgehead atoms. The molecule has 0 aliphatic carbocycles. The zero-order chi connectivity index (χ0) is 14.7. The van der Waals surface area contributed by atoms with E-state index >= 15 is 0 Å². The largest absolute Gasteiger partial charge is 0.497 e. The summed E-state index contributed by atoms with van der Waals surface area (Å²) in [6.07, 6.45) is 0. The summed E-state index contributed by atoms with van der Waals surface area (Å²) in [7, 11) is 3.19. The molecule has 5 heteroatoms. The van der Waals surface area contributed by atoms with E-state index in [4.69, 9.17) is 44.3 Å². The smallest absolute Gasteiger partial charge is 0.124 e. The van der Waals surface area contributed by atoms with Crippen LogP contribution in [0.3, 0.4) is 0 Å². The van der Waals surface area contributed by atoms with Gasteiger partial charge in [0.1, 0.15) is 11.5 Å². The molecule has 20 heavy (non-hydrogen) atoms. The van der Waals surface area contributed by atoms with Gasteiger partial charge in [-0.15, -0.1) is 11.6 Å². The number of hydrogen-bond acceptors (Lipinski definition) is 2. The van der Waals surface area contributed by atoms with Gasteiger partial charge in [0, 0.05) is 5.56 Å². The highest BCUT2D eigenvalue weighted by molar-refractivity contribution is 6.43. The van der Waals surface area contributed by atoms with E-state index in [-0.39, 0.29) is 0 Å². The van der Waals surface area contributed by atoms with E-state index in [9.17, 15) is 0 Å². The van der Waals surface area contributed by atoms with Gasteiger partial charge in [-0.05, 0) is 29.8 Å². The molecule has 0 saturated heterocycles. The second kappa shape index (κ2) is 6.57. The minimum absolute atomic E-state index is 0.444. The van der Waals surface area contributed by atoms with Crippen LogP contribution in [-0.4, -0.2) is 14.2 Å². The van der Waals surface area contributed by atoms with E-state index in [1.807, 2.05) is 30.3 Å². The van der Waals surface area contributed by atoms with Crippen molar-refractivity contribution in [2.24, 2.45) is 0 Å². The zero-order valence-corrected chi connectivity index (χ0v) is 13.3. The quantitative estimate of drug-likeness (QED) is 0.704. The first-order valence-electron chi connectivity index (χ1n) is 5.88. The van der Waals surface area contributed by atoms with E-state index in [0.29, 0.717) is 21.5 Å². The number of ether oxygens (including phenoxy) is 2. The van der Waals surface area contributed by atoms with Crippen molar-refractivity contribution in [2.75, 3.05) is 14.2 Å². The van der Waals surface area contributed by atoms with Crippen LogP contribution in [0.4, 0.5) is 0 Å². The predicted octanol–water partition coefficient (Wildman–Crippen LogP) is 5.34. The van der Waals surface area contributed by atoms with Gasteiger partial charge in [0.05, 0.1) is 29.6 Å². The number of benzene rings is 2. The number of halogens is 3. The molecule has 0 aliphatic heterocycles. The molecule has 0 amide bonds. The Labute approximate surface area is 133 Å². The highest BCUT2D eigenvalue weighted by atomic mass is 35.5. The highest BCUT2D eigenvalue weighted by Gasteiger charge is 2.20. The molecule has 0 aromatic heterocycles. The minimum atomic E-state index is -0.480. The Hall–Kier alpha value is -1.09. The fraction of sp³-hybridized carbons (Fsp3) is 0.200. The van der Waals surface area contributed by atoms with Crippen molar-refractivity contribution >= 4 is 34.8 Å². The van der Waals surface area contributed by atoms with Crippen molar-refractivity contribution in [3.8, 4) is 11.5 Å². The van der Waals surface area contributed by atoms with E-state index < -0.39 is 5.38 Å². The van der Waals surface area contributed by atoms with Gasteiger partial charge in [-0.2, -0.15) is 0 Å². The maximum Gasteiger partial charge on any atom is 0.124 e. The van der Waals surface area contributed by atoms with Gasteiger partial charge in [0.25, 0.3) is 0 Å². The number of methoxy groups -OCH3 is 2. The van der Waals surface area contributed by atoms with Crippen molar-refractivity contribution in [3.63, 3.8) is 0 Å². The molecule has 0 N–H and O–H groups in total. The van der Waals surface area contributed by atoms with Crippen LogP contribution in [0.25, 0.3) is 0 Å². The Morgan fingerprint density at radius 2 is 1.70 bits per heavy atom. The molecule has 0 spiro atoms. The first kappa shape index (κ1) is 15.3. The van der Waals surface area contributed by atoms with Gasteiger partial charge < -0.3 is 9.47 Å². The van der Waals surface area contributed by atoms with Crippen molar-refractivity contribution in [1.29, 1.82) is 0 Å². The summed E-state index contributed by atoms with van der Waals surface area (Å²) in [5, 5.41) is 0.432. The van der Waals surface area contributed by atoms with Crippen LogP contribution in [0.15, 0.2) is 36.4 Å². The highest BCUT2D eigenvalue weighted by Crippen LogP contribution is 2.41. The molecule has 2 nitrogen and oxygen atoms in total. The van der Waals surface area contributed by atoms with Crippen LogP contribution < -0.4 is 9.47 Å². The lowest BCUT2D eigenvalue weighted by Crippen LogP contribution is -1.99. The standard InChI is InChI=1S/C15H13Cl3O2/c1-19-9-6-7-13(20-2)11(8-9)14(17)10-4-3-5-12(16)15(10)18/h3-8,14H,1-2H3. The molecule has 2 aromatic rings. The topological polar surface area (TPSA) is 18.5 Å². The van der Waals surface area contributed by atoms with Crippen LogP contribution in [0.2, 0.25) is 10.0 Å². The monoisotopic (exact) mass is 330 g/mol. The van der Waals surface area contributed by atoms with Crippen LogP contribution >= 0.6 is 34.8 Å². The van der Waals surface area contributed by atoms with E-state index in [1.54, 1.807) is 20.3 Å². The van der Waals surface area contributed by atoms with Gasteiger partial charge in [-0.25, -0.2) is 0 Å². The van der Waals surface area contributed by atoms with Gasteiger partial charge in [0.2, 0.25) is 0 Å². The van der Waals surface area contributed by atoms with Crippen molar-refractivity contribution in [3.05, 3.63) is 57.6 Å². The van der Waals surface area contributed by atoms with Crippen molar-refractivity contribution in [2.45, 2.75) is 5.38 Å². The fourth-order valence-electron chi connectivity index (χ4n) is 1.92. The maximum atomic E-state index is 6.54. The van der Waals surface area contributed by atoms with Crippen LogP contribution in [0.1, 0.15) is 16.5 Å². The third kappa shape index (κ3) is 2.98. The molecule has 1 atom stereocenters. The number of rotatable bonds is 4. The lowest BCUT2D eigenvalue weighted by molar-refractivity contribution is 0.399. The molecular weight excluding hydrogens is 319 g/mol. The van der Waals surface area contributed by atoms with E-state index in [2.05, 4.69) is 0 Å². The average molecular weight is 332 g/mol. The molecule has 0 radical (unpaired) electrons. The Morgan fingerprint density at radius 3 is 2.35 bits per heavy atom. The second-order valence-electron chi connectivity index (χ2n) is 4.11. The number of hydrogen-bond donors (Lipinski definition) is 0. The zero-order valence-electron chi connectivity index (χ0n) is 11.0. The lowest BCUT2D eigenvalue weighted by atomic mass is 10.0. The molecule has 2 aromatic carbocycles. The Kier molecular flexibility index (Phi) is 5.03. The van der Waals surface area contributed by atoms with E-state index in [1.165, 1.54) is 0 Å². The third-order valence-corrected chi connectivity index (χ3v) is 4.27. The Morgan fingerprint density at radius 1 is 0.950 bits per heavy atom. The Balaban J connectivity index is 2.51. The van der Waals surface area contributed by atoms with Gasteiger partial charge >= 0.3 is 0 Å². The van der Waals surface area contributed by atoms with Crippen LogP contribution in [-0.2, 0) is 0 Å². The maximum absolute atomic E-state index is 6.54. The Bertz CT molecular complexity index is 614. The summed E-state index contributed by atoms with van der Waals surface area (Å²) in [4.78, 5) is 0. The SMILES string of the molecule is COc1ccc(OC)c(C(Cl)c2cccc(Cl)c2Cl)c1. The molecule has 0 heterocycles. The van der Waals surface area contributed by atoms with Gasteiger partial charge in [0.15, 0.2) is 0 Å². The average Bonchev–Trinajstić information content (AvgIpc) is 2.48. The normalized spacial score (nSPS) is 12.1. The molecular formula is C15H13Cl3O2. The fourth-order valence-corrected chi connectivity index (χ4v) is 2.75. The molecule has 2 rings (SSSR count).